The zero-order valence-electron chi connectivity index (χ0n) is 12.5. The maximum atomic E-state index is 12.2. The van der Waals surface area contributed by atoms with Crippen molar-refractivity contribution < 1.29 is 4.79 Å². The van der Waals surface area contributed by atoms with Crippen molar-refractivity contribution in [1.29, 1.82) is 0 Å². The first-order chi connectivity index (χ1) is 8.00. The van der Waals surface area contributed by atoms with Crippen molar-refractivity contribution >= 4 is 5.78 Å². The minimum absolute atomic E-state index is 0.283. The highest BCUT2D eigenvalue weighted by molar-refractivity contribution is 5.87. The van der Waals surface area contributed by atoms with Crippen molar-refractivity contribution in [2.24, 2.45) is 0 Å². The van der Waals surface area contributed by atoms with Gasteiger partial charge in [-0.1, -0.05) is 46.5 Å². The van der Waals surface area contributed by atoms with Gasteiger partial charge in [0.15, 0.2) is 5.78 Å². The molecule has 0 atom stereocenters. The molecule has 0 saturated carbocycles. The van der Waals surface area contributed by atoms with Crippen molar-refractivity contribution in [3.05, 3.63) is 0 Å². The molecule has 0 bridgehead atoms. The summed E-state index contributed by atoms with van der Waals surface area (Å²) in [4.78, 5) is 14.5. The molecule has 17 heavy (non-hydrogen) atoms. The Labute approximate surface area is 108 Å². The first-order valence-corrected chi connectivity index (χ1v) is 7.29. The Morgan fingerprint density at radius 3 is 1.94 bits per heavy atom. The molecule has 0 unspecified atom stereocenters. The minimum atomic E-state index is -0.283. The van der Waals surface area contributed by atoms with Gasteiger partial charge < -0.3 is 0 Å². The van der Waals surface area contributed by atoms with Gasteiger partial charge in [0.1, 0.15) is 0 Å². The molecule has 0 aromatic carbocycles. The first kappa shape index (κ1) is 16.6. The highest BCUT2D eigenvalue weighted by Crippen LogP contribution is 2.19. The molecule has 0 aliphatic rings. The molecule has 2 nitrogen and oxygen atoms in total. The number of unbranched alkanes of at least 4 members (excludes halogenated alkanes) is 4. The maximum absolute atomic E-state index is 12.2. The zero-order chi connectivity index (χ0) is 13.3. The summed E-state index contributed by atoms with van der Waals surface area (Å²) in [7, 11) is 0. The van der Waals surface area contributed by atoms with Crippen molar-refractivity contribution in [2.75, 3.05) is 13.1 Å². The summed E-state index contributed by atoms with van der Waals surface area (Å²) in [6.45, 7) is 12.5. The Morgan fingerprint density at radius 1 is 0.941 bits per heavy atom. The summed E-state index contributed by atoms with van der Waals surface area (Å²) in [6, 6.07) is 0. The van der Waals surface area contributed by atoms with Crippen LogP contribution in [0.1, 0.15) is 73.1 Å². The van der Waals surface area contributed by atoms with E-state index in [4.69, 9.17) is 0 Å². The molecule has 102 valence electrons. The summed E-state index contributed by atoms with van der Waals surface area (Å²) >= 11 is 0. The van der Waals surface area contributed by atoms with Crippen molar-refractivity contribution in [1.82, 2.24) is 4.90 Å². The number of carbonyl (C=O) groups is 1. The lowest BCUT2D eigenvalue weighted by Gasteiger charge is -2.35. The SMILES string of the molecule is CCCCCCCC(=O)C(C)(C)N(CC)CC. The second kappa shape index (κ2) is 8.68. The molecule has 0 aromatic heterocycles. The molecule has 0 heterocycles. The highest BCUT2D eigenvalue weighted by Gasteiger charge is 2.31. The molecule has 2 heteroatoms. The van der Waals surface area contributed by atoms with Crippen LogP contribution in [0.5, 0.6) is 0 Å². The summed E-state index contributed by atoms with van der Waals surface area (Å²) in [6.07, 6.45) is 6.84. The average Bonchev–Trinajstić information content (AvgIpc) is 2.29. The van der Waals surface area contributed by atoms with E-state index in [9.17, 15) is 4.79 Å². The number of rotatable bonds is 10. The van der Waals surface area contributed by atoms with Crippen LogP contribution < -0.4 is 0 Å². The Morgan fingerprint density at radius 2 is 1.47 bits per heavy atom. The summed E-state index contributed by atoms with van der Waals surface area (Å²) in [5.74, 6) is 0.401. The van der Waals surface area contributed by atoms with E-state index in [2.05, 4.69) is 39.5 Å². The monoisotopic (exact) mass is 241 g/mol. The van der Waals surface area contributed by atoms with Crippen molar-refractivity contribution in [3.63, 3.8) is 0 Å². The Bertz CT molecular complexity index is 207. The smallest absolute Gasteiger partial charge is 0.152 e. The normalized spacial score (nSPS) is 12.1. The van der Waals surface area contributed by atoms with Gasteiger partial charge in [0, 0.05) is 6.42 Å². The predicted molar refractivity (Wildman–Crippen MR) is 75.4 cm³/mol. The van der Waals surface area contributed by atoms with E-state index < -0.39 is 0 Å². The molecule has 0 aliphatic heterocycles. The van der Waals surface area contributed by atoms with Crippen LogP contribution in [0, 0.1) is 0 Å². The average molecular weight is 241 g/mol. The van der Waals surface area contributed by atoms with Crippen LogP contribution in [0.3, 0.4) is 0 Å². The fraction of sp³-hybridized carbons (Fsp3) is 0.933. The second-order valence-corrected chi connectivity index (χ2v) is 5.32. The Hall–Kier alpha value is -0.370. The maximum Gasteiger partial charge on any atom is 0.152 e. The highest BCUT2D eigenvalue weighted by atomic mass is 16.1. The lowest BCUT2D eigenvalue weighted by molar-refractivity contribution is -0.129. The number of ketones is 1. The van der Waals surface area contributed by atoms with Gasteiger partial charge in [0.2, 0.25) is 0 Å². The predicted octanol–water partition coefficient (Wildman–Crippen LogP) is 4.04. The van der Waals surface area contributed by atoms with Gasteiger partial charge in [0.25, 0.3) is 0 Å². The van der Waals surface area contributed by atoms with Crippen LogP contribution >= 0.6 is 0 Å². The van der Waals surface area contributed by atoms with Gasteiger partial charge in [-0.05, 0) is 33.4 Å². The Balaban J connectivity index is 4.02. The van der Waals surface area contributed by atoms with E-state index in [-0.39, 0.29) is 5.54 Å². The molecule has 0 saturated heterocycles. The first-order valence-electron chi connectivity index (χ1n) is 7.29. The fourth-order valence-corrected chi connectivity index (χ4v) is 2.39. The van der Waals surface area contributed by atoms with Gasteiger partial charge in [-0.15, -0.1) is 0 Å². The number of carbonyl (C=O) groups excluding carboxylic acids is 1. The lowest BCUT2D eigenvalue weighted by atomic mass is 9.92. The third-order valence-electron chi connectivity index (χ3n) is 3.74. The van der Waals surface area contributed by atoms with Gasteiger partial charge in [-0.3, -0.25) is 9.69 Å². The van der Waals surface area contributed by atoms with E-state index in [0.29, 0.717) is 5.78 Å². The van der Waals surface area contributed by atoms with Crippen LogP contribution in [-0.4, -0.2) is 29.3 Å². The van der Waals surface area contributed by atoms with Crippen LogP contribution in [0.15, 0.2) is 0 Å². The fourth-order valence-electron chi connectivity index (χ4n) is 2.39. The van der Waals surface area contributed by atoms with Gasteiger partial charge >= 0.3 is 0 Å². The molecular weight excluding hydrogens is 210 g/mol. The van der Waals surface area contributed by atoms with E-state index in [1.54, 1.807) is 0 Å². The van der Waals surface area contributed by atoms with Gasteiger partial charge in [-0.25, -0.2) is 0 Å². The number of Topliss-reactive ketones (excluding diaryl/α,β-unsaturated/α-hetero) is 1. The Kier molecular flexibility index (Phi) is 8.49. The molecule has 0 N–H and O–H groups in total. The lowest BCUT2D eigenvalue weighted by Crippen LogP contribution is -2.49. The minimum Gasteiger partial charge on any atom is -0.298 e. The second-order valence-electron chi connectivity index (χ2n) is 5.32. The molecule has 0 fully saturated rings. The van der Waals surface area contributed by atoms with Crippen LogP contribution in [0.25, 0.3) is 0 Å². The van der Waals surface area contributed by atoms with Gasteiger partial charge in [-0.2, -0.15) is 0 Å². The van der Waals surface area contributed by atoms with E-state index in [0.717, 1.165) is 25.9 Å². The van der Waals surface area contributed by atoms with Crippen molar-refractivity contribution in [3.8, 4) is 0 Å². The van der Waals surface area contributed by atoms with Crippen molar-refractivity contribution in [2.45, 2.75) is 78.7 Å². The third kappa shape index (κ3) is 5.67. The molecule has 0 spiro atoms. The van der Waals surface area contributed by atoms with Crippen LogP contribution in [-0.2, 0) is 4.79 Å². The van der Waals surface area contributed by atoms with E-state index in [1.165, 1.54) is 25.7 Å². The molecule has 0 rings (SSSR count). The third-order valence-corrected chi connectivity index (χ3v) is 3.74. The summed E-state index contributed by atoms with van der Waals surface area (Å²) in [5, 5.41) is 0. The molecule has 0 aliphatic carbocycles. The van der Waals surface area contributed by atoms with Crippen LogP contribution in [0.2, 0.25) is 0 Å². The quantitative estimate of drug-likeness (QED) is 0.538. The summed E-state index contributed by atoms with van der Waals surface area (Å²) in [5.41, 5.74) is -0.283. The number of likely N-dealkylation sites (N-methyl/N-ethyl adjacent to an activating group) is 1. The molecular formula is C15H31NO. The van der Waals surface area contributed by atoms with Crippen LogP contribution in [0.4, 0.5) is 0 Å². The van der Waals surface area contributed by atoms with Gasteiger partial charge in [0.05, 0.1) is 5.54 Å². The largest absolute Gasteiger partial charge is 0.298 e. The molecule has 0 amide bonds. The zero-order valence-corrected chi connectivity index (χ0v) is 12.5. The van der Waals surface area contributed by atoms with E-state index in [1.807, 2.05) is 0 Å². The van der Waals surface area contributed by atoms with E-state index >= 15 is 0 Å². The standard InChI is InChI=1S/C15H31NO/c1-6-9-10-11-12-13-14(17)15(4,5)16(7-2)8-3/h6-13H2,1-5H3. The number of hydrogen-bond acceptors (Lipinski definition) is 2. The number of hydrogen-bond donors (Lipinski definition) is 0. The number of nitrogens with zero attached hydrogens (tertiary/aromatic N) is 1. The topological polar surface area (TPSA) is 20.3 Å². The summed E-state index contributed by atoms with van der Waals surface area (Å²) < 4.78 is 0. The molecule has 0 aromatic rings. The molecule has 0 radical (unpaired) electrons.